The molecule has 1 fully saturated rings. The van der Waals surface area contributed by atoms with Gasteiger partial charge in [-0.15, -0.1) is 15.3 Å². The first-order valence-corrected chi connectivity index (χ1v) is 11.6. The lowest BCUT2D eigenvalue weighted by molar-refractivity contribution is -0.125. The Morgan fingerprint density at radius 2 is 1.82 bits per heavy atom. The zero-order chi connectivity index (χ0) is 23.5. The highest BCUT2D eigenvalue weighted by Gasteiger charge is 2.26. The highest BCUT2D eigenvalue weighted by Crippen LogP contribution is 2.25. The summed E-state index contributed by atoms with van der Waals surface area (Å²) in [6.45, 7) is 1.95. The third-order valence-corrected chi connectivity index (χ3v) is 6.57. The van der Waals surface area contributed by atoms with E-state index >= 15 is 0 Å². The number of benzene rings is 2. The Labute approximate surface area is 202 Å². The van der Waals surface area contributed by atoms with Crippen molar-refractivity contribution >= 4 is 29.0 Å². The number of nitrogens with one attached hydrogen (secondary N) is 1. The van der Waals surface area contributed by atoms with Crippen LogP contribution in [-0.4, -0.2) is 45.9 Å². The topological polar surface area (TPSA) is 84.7 Å². The summed E-state index contributed by atoms with van der Waals surface area (Å²) in [6.07, 6.45) is 1.53. The molecule has 0 radical (unpaired) electrons. The standard InChI is InChI=1S/C25H25ClN6O2/c1-34-20-8-6-17(7-9-20)24-29-28-22-10-11-23(30-32(22)24)31-14-12-18(13-15-31)25(33)27-16-19-4-2-3-5-21(19)26/h2-11,18H,12-16H2,1H3,(H,27,33). The van der Waals surface area contributed by atoms with Gasteiger partial charge in [-0.05, 0) is 60.9 Å². The lowest BCUT2D eigenvalue weighted by atomic mass is 9.96. The van der Waals surface area contributed by atoms with Crippen molar-refractivity contribution in [1.29, 1.82) is 0 Å². The molecule has 1 amide bonds. The van der Waals surface area contributed by atoms with Crippen molar-refractivity contribution < 1.29 is 9.53 Å². The third-order valence-electron chi connectivity index (χ3n) is 6.20. The van der Waals surface area contributed by atoms with Crippen molar-refractivity contribution in [2.75, 3.05) is 25.1 Å². The van der Waals surface area contributed by atoms with Crippen molar-refractivity contribution in [2.24, 2.45) is 5.92 Å². The Morgan fingerprint density at radius 3 is 2.56 bits per heavy atom. The lowest BCUT2D eigenvalue weighted by Gasteiger charge is -2.32. The average Bonchev–Trinajstić information content (AvgIpc) is 3.31. The third kappa shape index (κ3) is 4.54. The summed E-state index contributed by atoms with van der Waals surface area (Å²) >= 11 is 6.20. The molecule has 8 nitrogen and oxygen atoms in total. The molecule has 9 heteroatoms. The first-order valence-electron chi connectivity index (χ1n) is 11.3. The number of ether oxygens (including phenoxy) is 1. The maximum Gasteiger partial charge on any atom is 0.223 e. The van der Waals surface area contributed by atoms with E-state index in [-0.39, 0.29) is 11.8 Å². The summed E-state index contributed by atoms with van der Waals surface area (Å²) in [6, 6.07) is 19.1. The minimum absolute atomic E-state index is 0.0211. The zero-order valence-corrected chi connectivity index (χ0v) is 19.6. The normalized spacial score (nSPS) is 14.4. The van der Waals surface area contributed by atoms with Gasteiger partial charge >= 0.3 is 0 Å². The number of fused-ring (bicyclic) bond motifs is 1. The number of aromatic nitrogens is 4. The Bertz CT molecular complexity index is 1300. The second kappa shape index (κ2) is 9.69. The fraction of sp³-hybridized carbons (Fsp3) is 0.280. The predicted octanol–water partition coefficient (Wildman–Crippen LogP) is 3.99. The Morgan fingerprint density at radius 1 is 1.06 bits per heavy atom. The van der Waals surface area contributed by atoms with E-state index in [2.05, 4.69) is 20.4 Å². The number of carbonyl (C=O) groups excluding carboxylic acids is 1. The minimum Gasteiger partial charge on any atom is -0.497 e. The molecular weight excluding hydrogens is 452 g/mol. The van der Waals surface area contributed by atoms with Crippen molar-refractivity contribution in [2.45, 2.75) is 19.4 Å². The summed E-state index contributed by atoms with van der Waals surface area (Å²) in [5.74, 6) is 2.35. The van der Waals surface area contributed by atoms with Crippen molar-refractivity contribution in [1.82, 2.24) is 25.1 Å². The van der Waals surface area contributed by atoms with E-state index in [0.717, 1.165) is 48.6 Å². The van der Waals surface area contributed by atoms with Gasteiger partial charge in [0.15, 0.2) is 11.5 Å². The van der Waals surface area contributed by atoms with Gasteiger partial charge in [0.1, 0.15) is 11.6 Å². The summed E-state index contributed by atoms with van der Waals surface area (Å²) in [4.78, 5) is 14.9. The molecule has 0 atom stereocenters. The predicted molar refractivity (Wildman–Crippen MR) is 131 cm³/mol. The van der Waals surface area contributed by atoms with Gasteiger partial charge in [-0.2, -0.15) is 4.52 Å². The Kier molecular flexibility index (Phi) is 6.31. The van der Waals surface area contributed by atoms with Gasteiger partial charge in [0.05, 0.1) is 7.11 Å². The van der Waals surface area contributed by atoms with E-state index < -0.39 is 0 Å². The van der Waals surface area contributed by atoms with Crippen LogP contribution in [0.5, 0.6) is 5.75 Å². The molecule has 1 saturated heterocycles. The van der Waals surface area contributed by atoms with Crippen LogP contribution in [-0.2, 0) is 11.3 Å². The number of carbonyl (C=O) groups is 1. The molecule has 34 heavy (non-hydrogen) atoms. The summed E-state index contributed by atoms with van der Waals surface area (Å²) in [5, 5.41) is 17.1. The second-order valence-electron chi connectivity index (χ2n) is 8.28. The Balaban J connectivity index is 1.24. The van der Waals surface area contributed by atoms with Crippen molar-refractivity contribution in [3.05, 3.63) is 71.2 Å². The number of anilines is 1. The molecule has 174 valence electrons. The van der Waals surface area contributed by atoms with Gasteiger partial charge < -0.3 is 15.0 Å². The maximum atomic E-state index is 12.7. The molecule has 1 N–H and O–H groups in total. The number of amides is 1. The van der Waals surface area contributed by atoms with E-state index in [9.17, 15) is 4.79 Å². The highest BCUT2D eigenvalue weighted by molar-refractivity contribution is 6.31. The van der Waals surface area contributed by atoms with Gasteiger partial charge in [-0.25, -0.2) is 0 Å². The van der Waals surface area contributed by atoms with Gasteiger partial charge in [-0.1, -0.05) is 29.8 Å². The summed E-state index contributed by atoms with van der Waals surface area (Å²) < 4.78 is 7.00. The average molecular weight is 477 g/mol. The largest absolute Gasteiger partial charge is 0.497 e. The van der Waals surface area contributed by atoms with Crippen molar-refractivity contribution in [3.8, 4) is 17.1 Å². The SMILES string of the molecule is COc1ccc(-c2nnc3ccc(N4CCC(C(=O)NCc5ccccc5Cl)CC4)nn23)cc1. The van der Waals surface area contributed by atoms with E-state index in [4.69, 9.17) is 21.4 Å². The Hall–Kier alpha value is -3.65. The van der Waals surface area contributed by atoms with Gasteiger partial charge in [0.25, 0.3) is 0 Å². The van der Waals surface area contributed by atoms with Gasteiger partial charge in [0, 0.05) is 36.1 Å². The van der Waals surface area contributed by atoms with Crippen LogP contribution in [0.15, 0.2) is 60.7 Å². The molecule has 0 aliphatic carbocycles. The highest BCUT2D eigenvalue weighted by atomic mass is 35.5. The summed E-state index contributed by atoms with van der Waals surface area (Å²) in [7, 11) is 1.64. The first-order chi connectivity index (χ1) is 16.6. The smallest absolute Gasteiger partial charge is 0.223 e. The van der Waals surface area contributed by atoms with Crippen LogP contribution >= 0.6 is 11.6 Å². The number of nitrogens with zero attached hydrogens (tertiary/aromatic N) is 5. The zero-order valence-electron chi connectivity index (χ0n) is 18.8. The number of piperidine rings is 1. The number of methoxy groups -OCH3 is 1. The molecule has 1 aliphatic heterocycles. The monoisotopic (exact) mass is 476 g/mol. The fourth-order valence-electron chi connectivity index (χ4n) is 4.21. The van der Waals surface area contributed by atoms with E-state index in [0.29, 0.717) is 23.0 Å². The number of rotatable bonds is 6. The quantitative estimate of drug-likeness (QED) is 0.453. The lowest BCUT2D eigenvalue weighted by Crippen LogP contribution is -2.40. The van der Waals surface area contributed by atoms with Crippen LogP contribution in [0.2, 0.25) is 5.02 Å². The first kappa shape index (κ1) is 22.2. The van der Waals surface area contributed by atoms with Crippen LogP contribution < -0.4 is 15.0 Å². The van der Waals surface area contributed by atoms with E-state index in [1.807, 2.05) is 60.7 Å². The van der Waals surface area contributed by atoms with E-state index in [1.54, 1.807) is 11.6 Å². The van der Waals surface area contributed by atoms with Crippen LogP contribution in [0.4, 0.5) is 5.82 Å². The second-order valence-corrected chi connectivity index (χ2v) is 8.69. The number of hydrogen-bond acceptors (Lipinski definition) is 6. The molecule has 5 rings (SSSR count). The van der Waals surface area contributed by atoms with E-state index in [1.165, 1.54) is 0 Å². The van der Waals surface area contributed by atoms with Crippen molar-refractivity contribution in [3.63, 3.8) is 0 Å². The molecule has 2 aromatic heterocycles. The molecule has 0 unspecified atom stereocenters. The van der Waals surface area contributed by atoms with Gasteiger partial charge in [0.2, 0.25) is 5.91 Å². The molecule has 1 aliphatic rings. The molecule has 4 aromatic rings. The van der Waals surface area contributed by atoms with Crippen LogP contribution in [0.1, 0.15) is 18.4 Å². The molecule has 3 heterocycles. The molecule has 0 bridgehead atoms. The van der Waals surface area contributed by atoms with Crippen LogP contribution in [0.25, 0.3) is 17.0 Å². The fourth-order valence-corrected chi connectivity index (χ4v) is 4.41. The summed E-state index contributed by atoms with van der Waals surface area (Å²) in [5.41, 5.74) is 2.52. The molecule has 2 aromatic carbocycles. The molecule has 0 spiro atoms. The molecular formula is C25H25ClN6O2. The van der Waals surface area contributed by atoms with Crippen LogP contribution in [0.3, 0.4) is 0 Å². The molecule has 0 saturated carbocycles. The van der Waals surface area contributed by atoms with Gasteiger partial charge in [-0.3, -0.25) is 4.79 Å². The van der Waals surface area contributed by atoms with Crippen LogP contribution in [0, 0.1) is 5.92 Å². The number of hydrogen-bond donors (Lipinski definition) is 1. The number of halogens is 1. The minimum atomic E-state index is -0.0211. The maximum absolute atomic E-state index is 12.7.